The van der Waals surface area contributed by atoms with E-state index in [0.717, 1.165) is 31.6 Å². The van der Waals surface area contributed by atoms with Crippen LogP contribution in [0.25, 0.3) is 0 Å². The fourth-order valence-corrected chi connectivity index (χ4v) is 4.88. The summed E-state index contributed by atoms with van der Waals surface area (Å²) in [7, 11) is 0. The molecule has 1 atom stereocenters. The molecule has 2 aromatic carbocycles. The number of aromatic nitrogens is 3. The number of benzene rings is 2. The number of carbonyl (C=O) groups is 1. The Morgan fingerprint density at radius 2 is 1.79 bits per heavy atom. The van der Waals surface area contributed by atoms with E-state index >= 15 is 0 Å². The van der Waals surface area contributed by atoms with Crippen LogP contribution in [0.1, 0.15) is 36.7 Å². The first kappa shape index (κ1) is 21.4. The molecule has 2 aliphatic rings. The van der Waals surface area contributed by atoms with Gasteiger partial charge in [-0.25, -0.2) is 13.9 Å². The Hall–Kier alpha value is -3.42. The second-order valence-electron chi connectivity index (χ2n) is 8.77. The largest absolute Gasteiger partial charge is 0.368 e. The summed E-state index contributed by atoms with van der Waals surface area (Å²) in [6.07, 6.45) is 3.07. The first-order chi connectivity index (χ1) is 16.1. The first-order valence-electron chi connectivity index (χ1n) is 11.6. The fourth-order valence-electron chi connectivity index (χ4n) is 4.88. The minimum atomic E-state index is -0.528. The zero-order valence-corrected chi connectivity index (χ0v) is 18.6. The van der Waals surface area contributed by atoms with Gasteiger partial charge < -0.3 is 9.80 Å². The third kappa shape index (κ3) is 4.42. The number of hydrogen-bond acceptors (Lipinski definition) is 4. The number of halogens is 1. The van der Waals surface area contributed by atoms with E-state index in [-0.39, 0.29) is 24.0 Å². The van der Waals surface area contributed by atoms with Crippen molar-refractivity contribution in [2.24, 2.45) is 0 Å². The van der Waals surface area contributed by atoms with E-state index in [0.29, 0.717) is 37.3 Å². The summed E-state index contributed by atoms with van der Waals surface area (Å²) in [5.41, 5.74) is 1.54. The average molecular weight is 450 g/mol. The number of nitrogens with zero attached hydrogens (tertiary/aromatic N) is 5. The van der Waals surface area contributed by atoms with Crippen molar-refractivity contribution in [2.75, 3.05) is 31.1 Å². The number of carbonyl (C=O) groups excluding carboxylic acids is 1. The highest BCUT2D eigenvalue weighted by Gasteiger charge is 2.33. The standard InChI is InChI=1S/C25H28FN5O2/c26-20-8-6-7-19(17-20)18-30-25(33)31-22(11-4-5-12-23(31)27-30)24(32)29-15-13-28(14-16-29)21-9-2-1-3-10-21/h1-3,6-10,17,22H,4-5,11-16,18H2. The van der Waals surface area contributed by atoms with Crippen LogP contribution in [0.3, 0.4) is 0 Å². The molecule has 1 amide bonds. The second kappa shape index (κ2) is 9.21. The molecule has 0 saturated carbocycles. The van der Waals surface area contributed by atoms with Gasteiger partial charge in [-0.15, -0.1) is 0 Å². The predicted octanol–water partition coefficient (Wildman–Crippen LogP) is 2.85. The topological polar surface area (TPSA) is 63.4 Å². The van der Waals surface area contributed by atoms with Crippen LogP contribution >= 0.6 is 0 Å². The molecule has 0 bridgehead atoms. The Balaban J connectivity index is 1.35. The molecule has 1 saturated heterocycles. The van der Waals surface area contributed by atoms with E-state index in [1.54, 1.807) is 16.7 Å². The van der Waals surface area contributed by atoms with E-state index in [1.165, 1.54) is 16.8 Å². The van der Waals surface area contributed by atoms with Gasteiger partial charge in [-0.1, -0.05) is 36.8 Å². The lowest BCUT2D eigenvalue weighted by molar-refractivity contribution is -0.135. The van der Waals surface area contributed by atoms with E-state index in [2.05, 4.69) is 22.1 Å². The SMILES string of the molecule is O=C(C1CCCCc2nn(Cc3cccc(F)c3)c(=O)n21)N1CCN(c2ccccc2)CC1. The van der Waals surface area contributed by atoms with Crippen LogP contribution in [0.15, 0.2) is 59.4 Å². The Morgan fingerprint density at radius 3 is 2.55 bits per heavy atom. The Morgan fingerprint density at radius 1 is 1.00 bits per heavy atom. The van der Waals surface area contributed by atoms with Crippen molar-refractivity contribution >= 4 is 11.6 Å². The van der Waals surface area contributed by atoms with Crippen molar-refractivity contribution < 1.29 is 9.18 Å². The lowest BCUT2D eigenvalue weighted by Crippen LogP contribution is -2.51. The number of hydrogen-bond donors (Lipinski definition) is 0. The highest BCUT2D eigenvalue weighted by Crippen LogP contribution is 2.25. The molecule has 3 aromatic rings. The van der Waals surface area contributed by atoms with Gasteiger partial charge >= 0.3 is 5.69 Å². The minimum absolute atomic E-state index is 0.00160. The summed E-state index contributed by atoms with van der Waals surface area (Å²) < 4.78 is 16.6. The van der Waals surface area contributed by atoms with Gasteiger partial charge in [-0.05, 0) is 42.7 Å². The molecule has 3 heterocycles. The zero-order valence-electron chi connectivity index (χ0n) is 18.6. The molecule has 33 heavy (non-hydrogen) atoms. The number of anilines is 1. The molecule has 1 aromatic heterocycles. The normalized spacial score (nSPS) is 18.6. The van der Waals surface area contributed by atoms with Gasteiger partial charge in [0.2, 0.25) is 5.91 Å². The van der Waals surface area contributed by atoms with Crippen LogP contribution < -0.4 is 10.6 Å². The van der Waals surface area contributed by atoms with Crippen molar-refractivity contribution in [2.45, 2.75) is 38.3 Å². The molecule has 0 N–H and O–H groups in total. The number of amides is 1. The molecule has 0 radical (unpaired) electrons. The van der Waals surface area contributed by atoms with Crippen molar-refractivity contribution in [1.29, 1.82) is 0 Å². The van der Waals surface area contributed by atoms with Gasteiger partial charge in [0.15, 0.2) is 0 Å². The molecule has 0 aliphatic carbocycles. The quantitative estimate of drug-likeness (QED) is 0.615. The molecule has 1 unspecified atom stereocenters. The molecule has 172 valence electrons. The number of piperazine rings is 1. The van der Waals surface area contributed by atoms with Crippen LogP contribution in [-0.2, 0) is 17.8 Å². The predicted molar refractivity (Wildman–Crippen MR) is 124 cm³/mol. The maximum absolute atomic E-state index is 13.6. The molecular weight excluding hydrogens is 421 g/mol. The monoisotopic (exact) mass is 449 g/mol. The number of aryl methyl sites for hydroxylation is 1. The molecule has 7 nitrogen and oxygen atoms in total. The minimum Gasteiger partial charge on any atom is -0.368 e. The summed E-state index contributed by atoms with van der Waals surface area (Å²) in [6.45, 7) is 2.98. The Kier molecular flexibility index (Phi) is 5.98. The van der Waals surface area contributed by atoms with Gasteiger partial charge in [0, 0.05) is 38.3 Å². The lowest BCUT2D eigenvalue weighted by atomic mass is 10.1. The molecule has 1 fully saturated rings. The maximum Gasteiger partial charge on any atom is 0.346 e. The van der Waals surface area contributed by atoms with E-state index in [1.807, 2.05) is 23.1 Å². The van der Waals surface area contributed by atoms with E-state index in [9.17, 15) is 14.0 Å². The maximum atomic E-state index is 13.6. The molecule has 5 rings (SSSR count). The number of rotatable bonds is 4. The van der Waals surface area contributed by atoms with E-state index in [4.69, 9.17) is 0 Å². The number of para-hydroxylation sites is 1. The third-order valence-electron chi connectivity index (χ3n) is 6.60. The van der Waals surface area contributed by atoms with Gasteiger partial charge in [0.25, 0.3) is 0 Å². The van der Waals surface area contributed by atoms with Gasteiger partial charge in [-0.3, -0.25) is 9.36 Å². The molecule has 8 heteroatoms. The Bertz CT molecular complexity index is 1180. The van der Waals surface area contributed by atoms with E-state index < -0.39 is 6.04 Å². The summed E-state index contributed by atoms with van der Waals surface area (Å²) in [5, 5.41) is 4.53. The van der Waals surface area contributed by atoms with Crippen molar-refractivity contribution in [3.63, 3.8) is 0 Å². The van der Waals surface area contributed by atoms with Crippen LogP contribution in [0.4, 0.5) is 10.1 Å². The van der Waals surface area contributed by atoms with Gasteiger partial charge in [0.1, 0.15) is 17.7 Å². The van der Waals surface area contributed by atoms with Crippen molar-refractivity contribution in [1.82, 2.24) is 19.2 Å². The summed E-state index contributed by atoms with van der Waals surface area (Å²) in [5.74, 6) is 0.303. The number of fused-ring (bicyclic) bond motifs is 1. The second-order valence-corrected chi connectivity index (χ2v) is 8.77. The van der Waals surface area contributed by atoms with Gasteiger partial charge in [0.05, 0.1) is 6.54 Å². The van der Waals surface area contributed by atoms with Crippen molar-refractivity contribution in [3.05, 3.63) is 82.3 Å². The molecule has 2 aliphatic heterocycles. The highest BCUT2D eigenvalue weighted by molar-refractivity contribution is 5.81. The zero-order chi connectivity index (χ0) is 22.8. The van der Waals surface area contributed by atoms with Crippen molar-refractivity contribution in [3.8, 4) is 0 Å². The summed E-state index contributed by atoms with van der Waals surface area (Å²) >= 11 is 0. The first-order valence-corrected chi connectivity index (χ1v) is 11.6. The summed E-state index contributed by atoms with van der Waals surface area (Å²) in [4.78, 5) is 31.0. The fraction of sp³-hybridized carbons (Fsp3) is 0.400. The van der Waals surface area contributed by atoms with Crippen LogP contribution in [0.2, 0.25) is 0 Å². The van der Waals surface area contributed by atoms with Gasteiger partial charge in [-0.2, -0.15) is 5.10 Å². The highest BCUT2D eigenvalue weighted by atomic mass is 19.1. The molecule has 0 spiro atoms. The smallest absolute Gasteiger partial charge is 0.346 e. The van der Waals surface area contributed by atoms with Crippen LogP contribution in [0.5, 0.6) is 0 Å². The Labute approximate surface area is 192 Å². The molecular formula is C25H28FN5O2. The van der Waals surface area contributed by atoms with Crippen LogP contribution in [-0.4, -0.2) is 51.3 Å². The average Bonchev–Trinajstić information content (AvgIpc) is 3.01. The summed E-state index contributed by atoms with van der Waals surface area (Å²) in [6, 6.07) is 15.9. The third-order valence-corrected chi connectivity index (χ3v) is 6.60. The van der Waals surface area contributed by atoms with Crippen LogP contribution in [0, 0.1) is 5.82 Å². The lowest BCUT2D eigenvalue weighted by Gasteiger charge is -2.37.